The largest absolute Gasteiger partial charge is 0.478 e. The summed E-state index contributed by atoms with van der Waals surface area (Å²) < 4.78 is 36.8. The first kappa shape index (κ1) is 11.6. The molecule has 0 aliphatic heterocycles. The van der Waals surface area contributed by atoms with E-state index in [0.29, 0.717) is 0 Å². The Hall–Kier alpha value is -1.46. The van der Waals surface area contributed by atoms with Gasteiger partial charge in [0, 0.05) is 25.4 Å². The summed E-state index contributed by atoms with van der Waals surface area (Å²) in [6.07, 6.45) is -2.27. The molecule has 0 saturated carbocycles. The second-order valence-electron chi connectivity index (χ2n) is 3.16. The van der Waals surface area contributed by atoms with Crippen molar-refractivity contribution in [3.05, 3.63) is 24.0 Å². The molecule has 1 N–H and O–H groups in total. The van der Waals surface area contributed by atoms with Crippen LogP contribution < -0.4 is 0 Å². The molecule has 0 bridgehead atoms. The number of aromatic carboxylic acids is 1. The van der Waals surface area contributed by atoms with E-state index in [1.165, 1.54) is 23.0 Å². The summed E-state index contributed by atoms with van der Waals surface area (Å²) in [5.41, 5.74) is 0.0852. The quantitative estimate of drug-likeness (QED) is 0.848. The Labute approximate surface area is 84.1 Å². The van der Waals surface area contributed by atoms with Gasteiger partial charge >= 0.3 is 12.1 Å². The number of halogens is 3. The Morgan fingerprint density at radius 1 is 1.47 bits per heavy atom. The Balaban J connectivity index is 2.41. The molecule has 0 spiro atoms. The van der Waals surface area contributed by atoms with Crippen LogP contribution in [0.15, 0.2) is 18.5 Å². The highest BCUT2D eigenvalue weighted by atomic mass is 19.4. The van der Waals surface area contributed by atoms with Crippen molar-refractivity contribution in [1.82, 2.24) is 4.57 Å². The highest BCUT2D eigenvalue weighted by Crippen LogP contribution is 2.21. The Bertz CT molecular complexity index is 343. The fourth-order valence-electron chi connectivity index (χ4n) is 1.17. The van der Waals surface area contributed by atoms with E-state index in [4.69, 9.17) is 5.11 Å². The first-order valence-corrected chi connectivity index (χ1v) is 4.34. The molecule has 84 valence electrons. The monoisotopic (exact) mass is 221 g/mol. The van der Waals surface area contributed by atoms with E-state index in [2.05, 4.69) is 0 Å². The summed E-state index contributed by atoms with van der Waals surface area (Å²) in [6.45, 7) is 0.173. The number of hydrogen-bond donors (Lipinski definition) is 1. The molecule has 1 aromatic rings. The van der Waals surface area contributed by atoms with Crippen LogP contribution in [0, 0.1) is 0 Å². The fourth-order valence-corrected chi connectivity index (χ4v) is 1.17. The minimum atomic E-state index is -4.15. The SMILES string of the molecule is O=C(O)c1ccn(CCCC(F)(F)F)c1. The van der Waals surface area contributed by atoms with E-state index in [0.717, 1.165) is 0 Å². The van der Waals surface area contributed by atoms with Crippen LogP contribution in [0.1, 0.15) is 23.2 Å². The van der Waals surface area contributed by atoms with Gasteiger partial charge in [-0.3, -0.25) is 0 Å². The fraction of sp³-hybridized carbons (Fsp3) is 0.444. The van der Waals surface area contributed by atoms with E-state index >= 15 is 0 Å². The van der Waals surface area contributed by atoms with Gasteiger partial charge in [-0.2, -0.15) is 13.2 Å². The third-order valence-corrected chi connectivity index (χ3v) is 1.87. The number of aromatic nitrogens is 1. The first-order chi connectivity index (χ1) is 6.88. The Kier molecular flexibility index (Phi) is 3.39. The molecule has 0 amide bonds. The molecule has 6 heteroatoms. The van der Waals surface area contributed by atoms with E-state index < -0.39 is 18.6 Å². The third kappa shape index (κ3) is 4.05. The molecule has 0 radical (unpaired) electrons. The van der Waals surface area contributed by atoms with Crippen LogP contribution in [-0.2, 0) is 6.54 Å². The van der Waals surface area contributed by atoms with Crippen LogP contribution in [0.3, 0.4) is 0 Å². The lowest BCUT2D eigenvalue weighted by Gasteiger charge is -2.06. The summed E-state index contributed by atoms with van der Waals surface area (Å²) >= 11 is 0. The predicted molar refractivity (Wildman–Crippen MR) is 46.7 cm³/mol. The number of aryl methyl sites for hydroxylation is 1. The molecular weight excluding hydrogens is 211 g/mol. The van der Waals surface area contributed by atoms with E-state index in [1.54, 1.807) is 0 Å². The van der Waals surface area contributed by atoms with Crippen LogP contribution in [0.5, 0.6) is 0 Å². The van der Waals surface area contributed by atoms with Gasteiger partial charge in [0.1, 0.15) is 0 Å². The van der Waals surface area contributed by atoms with Crippen molar-refractivity contribution in [2.75, 3.05) is 0 Å². The van der Waals surface area contributed by atoms with Crippen LogP contribution in [0.4, 0.5) is 13.2 Å². The van der Waals surface area contributed by atoms with E-state index in [9.17, 15) is 18.0 Å². The minimum Gasteiger partial charge on any atom is -0.478 e. The summed E-state index contributed by atoms with van der Waals surface area (Å²) in [5, 5.41) is 8.56. The second kappa shape index (κ2) is 4.37. The van der Waals surface area contributed by atoms with Gasteiger partial charge in [0.05, 0.1) is 5.56 Å². The number of nitrogens with zero attached hydrogens (tertiary/aromatic N) is 1. The van der Waals surface area contributed by atoms with E-state index in [1.807, 2.05) is 0 Å². The van der Waals surface area contributed by atoms with Crippen LogP contribution in [-0.4, -0.2) is 21.8 Å². The summed E-state index contributed by atoms with van der Waals surface area (Å²) in [4.78, 5) is 10.5. The van der Waals surface area contributed by atoms with Gasteiger partial charge in [0.2, 0.25) is 0 Å². The molecule has 1 heterocycles. The summed E-state index contributed by atoms with van der Waals surface area (Å²) in [7, 11) is 0. The van der Waals surface area contributed by atoms with Gasteiger partial charge in [-0.15, -0.1) is 0 Å². The average molecular weight is 221 g/mol. The predicted octanol–water partition coefficient (Wildman–Crippen LogP) is 2.53. The van der Waals surface area contributed by atoms with Gasteiger partial charge < -0.3 is 9.67 Å². The van der Waals surface area contributed by atoms with Crippen molar-refractivity contribution in [2.24, 2.45) is 0 Å². The van der Waals surface area contributed by atoms with Crippen LogP contribution in [0.25, 0.3) is 0 Å². The topological polar surface area (TPSA) is 42.2 Å². The van der Waals surface area contributed by atoms with Crippen LogP contribution in [0.2, 0.25) is 0 Å². The maximum atomic E-state index is 11.8. The van der Waals surface area contributed by atoms with Gasteiger partial charge in [-0.25, -0.2) is 4.79 Å². The molecule has 0 fully saturated rings. The average Bonchev–Trinajstić information content (AvgIpc) is 2.50. The zero-order chi connectivity index (χ0) is 11.5. The number of hydrogen-bond acceptors (Lipinski definition) is 1. The summed E-state index contributed by atoms with van der Waals surface area (Å²) in [5.74, 6) is -1.08. The lowest BCUT2D eigenvalue weighted by atomic mass is 10.3. The number of rotatable bonds is 4. The molecule has 15 heavy (non-hydrogen) atoms. The normalized spacial score (nSPS) is 11.7. The Morgan fingerprint density at radius 2 is 2.13 bits per heavy atom. The number of carbonyl (C=O) groups is 1. The number of alkyl halides is 3. The van der Waals surface area contributed by atoms with Crippen molar-refractivity contribution in [3.8, 4) is 0 Å². The lowest BCUT2D eigenvalue weighted by Crippen LogP contribution is -2.08. The molecule has 1 rings (SSSR count). The third-order valence-electron chi connectivity index (χ3n) is 1.87. The molecule has 0 unspecified atom stereocenters. The number of carboxylic acid groups (broad SMARTS) is 1. The molecule has 0 atom stereocenters. The van der Waals surface area contributed by atoms with Gasteiger partial charge in [0.15, 0.2) is 0 Å². The van der Waals surface area contributed by atoms with E-state index in [-0.39, 0.29) is 18.5 Å². The molecule has 0 aliphatic carbocycles. The summed E-state index contributed by atoms with van der Waals surface area (Å²) in [6, 6.07) is 1.36. The highest BCUT2D eigenvalue weighted by molar-refractivity contribution is 5.87. The van der Waals surface area contributed by atoms with Gasteiger partial charge in [0.25, 0.3) is 0 Å². The maximum absolute atomic E-state index is 11.8. The minimum absolute atomic E-state index is 0.0444. The second-order valence-corrected chi connectivity index (χ2v) is 3.16. The first-order valence-electron chi connectivity index (χ1n) is 4.34. The Morgan fingerprint density at radius 3 is 2.60 bits per heavy atom. The number of carboxylic acids is 1. The zero-order valence-electron chi connectivity index (χ0n) is 7.79. The van der Waals surface area contributed by atoms with Crippen molar-refractivity contribution < 1.29 is 23.1 Å². The lowest BCUT2D eigenvalue weighted by molar-refractivity contribution is -0.135. The highest BCUT2D eigenvalue weighted by Gasteiger charge is 2.25. The van der Waals surface area contributed by atoms with Crippen molar-refractivity contribution in [1.29, 1.82) is 0 Å². The smallest absolute Gasteiger partial charge is 0.389 e. The maximum Gasteiger partial charge on any atom is 0.389 e. The molecule has 3 nitrogen and oxygen atoms in total. The molecular formula is C9H10F3NO2. The van der Waals surface area contributed by atoms with Gasteiger partial charge in [-0.05, 0) is 12.5 Å². The molecule has 1 aromatic heterocycles. The van der Waals surface area contributed by atoms with Crippen molar-refractivity contribution in [2.45, 2.75) is 25.6 Å². The molecule has 0 saturated heterocycles. The van der Waals surface area contributed by atoms with Crippen molar-refractivity contribution >= 4 is 5.97 Å². The van der Waals surface area contributed by atoms with Gasteiger partial charge in [-0.1, -0.05) is 0 Å². The molecule has 0 aromatic carbocycles. The molecule has 0 aliphatic rings. The zero-order valence-corrected chi connectivity index (χ0v) is 7.79. The van der Waals surface area contributed by atoms with Crippen LogP contribution >= 0.6 is 0 Å². The van der Waals surface area contributed by atoms with Crippen molar-refractivity contribution in [3.63, 3.8) is 0 Å². The standard InChI is InChI=1S/C9H10F3NO2/c10-9(11,12)3-1-4-13-5-2-7(6-13)8(14)15/h2,5-6H,1,3-4H2,(H,14,15).